The summed E-state index contributed by atoms with van der Waals surface area (Å²) in [5.74, 6) is 0.451. The van der Waals surface area contributed by atoms with E-state index in [-0.39, 0.29) is 5.69 Å². The molecule has 0 amide bonds. The summed E-state index contributed by atoms with van der Waals surface area (Å²) in [7, 11) is 0. The van der Waals surface area contributed by atoms with Gasteiger partial charge in [0.2, 0.25) is 0 Å². The molecule has 0 heterocycles. The van der Waals surface area contributed by atoms with Crippen molar-refractivity contribution in [2.75, 3.05) is 6.61 Å². The van der Waals surface area contributed by atoms with E-state index in [0.717, 1.165) is 12.8 Å². The van der Waals surface area contributed by atoms with Gasteiger partial charge in [-0.1, -0.05) is 31.2 Å². The third kappa shape index (κ3) is 4.55. The normalized spacial score (nSPS) is 21.0. The molecule has 22 heavy (non-hydrogen) atoms. The molecule has 1 aliphatic carbocycles. The van der Waals surface area contributed by atoms with Gasteiger partial charge in [0, 0.05) is 18.2 Å². The van der Waals surface area contributed by atoms with Crippen molar-refractivity contribution in [1.29, 1.82) is 0 Å². The van der Waals surface area contributed by atoms with E-state index in [4.69, 9.17) is 4.74 Å². The maximum atomic E-state index is 11.7. The van der Waals surface area contributed by atoms with Crippen LogP contribution in [0.15, 0.2) is 42.5 Å². The van der Waals surface area contributed by atoms with Crippen molar-refractivity contribution >= 4 is 17.7 Å². The molecule has 0 bridgehead atoms. The van der Waals surface area contributed by atoms with Gasteiger partial charge in [-0.3, -0.25) is 10.1 Å². The van der Waals surface area contributed by atoms with Crippen LogP contribution in [0.5, 0.6) is 0 Å². The van der Waals surface area contributed by atoms with Crippen LogP contribution in [0.3, 0.4) is 0 Å². The quantitative estimate of drug-likeness (QED) is 0.273. The first-order valence-corrected chi connectivity index (χ1v) is 7.30. The van der Waals surface area contributed by atoms with Crippen molar-refractivity contribution in [3.05, 3.63) is 58.2 Å². The van der Waals surface area contributed by atoms with E-state index >= 15 is 0 Å². The van der Waals surface area contributed by atoms with Crippen LogP contribution in [0.1, 0.15) is 25.3 Å². The molecule has 0 fully saturated rings. The molecule has 5 heteroatoms. The Balaban J connectivity index is 1.87. The lowest BCUT2D eigenvalue weighted by molar-refractivity contribution is -0.384. The predicted molar refractivity (Wildman–Crippen MR) is 84.1 cm³/mol. The average molecular weight is 301 g/mol. The maximum absolute atomic E-state index is 11.7. The van der Waals surface area contributed by atoms with Gasteiger partial charge in [0.15, 0.2) is 0 Å². The predicted octanol–water partition coefficient (Wildman–Crippen LogP) is 3.75. The molecule has 0 N–H and O–H groups in total. The fourth-order valence-electron chi connectivity index (χ4n) is 2.38. The van der Waals surface area contributed by atoms with E-state index in [1.165, 1.54) is 24.3 Å². The lowest BCUT2D eigenvalue weighted by Gasteiger charge is -2.24. The Morgan fingerprint density at radius 3 is 2.91 bits per heavy atom. The van der Waals surface area contributed by atoms with Crippen LogP contribution in [-0.4, -0.2) is 17.5 Å². The number of allylic oxidation sites excluding steroid dienone is 2. The number of nitro benzene ring substituents is 1. The largest absolute Gasteiger partial charge is 0.462 e. The molecule has 1 aliphatic rings. The lowest BCUT2D eigenvalue weighted by Crippen LogP contribution is -2.21. The molecule has 0 saturated heterocycles. The Labute approximate surface area is 129 Å². The van der Waals surface area contributed by atoms with E-state index in [1.807, 2.05) is 0 Å². The third-order valence-corrected chi connectivity index (χ3v) is 3.85. The fraction of sp³-hybridized carbons (Fsp3) is 0.353. The van der Waals surface area contributed by atoms with Crippen LogP contribution in [0.2, 0.25) is 0 Å². The van der Waals surface area contributed by atoms with Gasteiger partial charge in [-0.25, -0.2) is 4.79 Å². The molecule has 2 atom stereocenters. The minimum Gasteiger partial charge on any atom is -0.462 e. The Morgan fingerprint density at radius 1 is 1.41 bits per heavy atom. The summed E-state index contributed by atoms with van der Waals surface area (Å²) in [6.45, 7) is 2.56. The Morgan fingerprint density at radius 2 is 2.18 bits per heavy atom. The summed E-state index contributed by atoms with van der Waals surface area (Å²) in [6, 6.07) is 6.11. The molecule has 0 spiro atoms. The molecule has 5 nitrogen and oxygen atoms in total. The van der Waals surface area contributed by atoms with Gasteiger partial charge in [-0.15, -0.1) is 0 Å². The number of benzene rings is 1. The first kappa shape index (κ1) is 15.9. The molecule has 2 rings (SSSR count). The van der Waals surface area contributed by atoms with E-state index in [0.29, 0.717) is 24.0 Å². The zero-order valence-corrected chi connectivity index (χ0v) is 12.5. The minimum atomic E-state index is -0.465. The Kier molecular flexibility index (Phi) is 5.47. The van der Waals surface area contributed by atoms with Crippen LogP contribution in [0.4, 0.5) is 5.69 Å². The monoisotopic (exact) mass is 301 g/mol. The average Bonchev–Trinajstić information content (AvgIpc) is 2.52. The zero-order chi connectivity index (χ0) is 15.9. The number of rotatable bonds is 5. The van der Waals surface area contributed by atoms with Crippen molar-refractivity contribution in [2.24, 2.45) is 11.8 Å². The second-order valence-corrected chi connectivity index (χ2v) is 5.50. The van der Waals surface area contributed by atoms with Crippen LogP contribution in [0.25, 0.3) is 6.08 Å². The number of hydrogen-bond donors (Lipinski definition) is 0. The first-order chi connectivity index (χ1) is 10.6. The van der Waals surface area contributed by atoms with Gasteiger partial charge in [-0.05, 0) is 36.3 Å². The van der Waals surface area contributed by atoms with E-state index < -0.39 is 10.9 Å². The van der Waals surface area contributed by atoms with E-state index in [9.17, 15) is 14.9 Å². The Hall–Kier alpha value is -2.43. The summed E-state index contributed by atoms with van der Waals surface area (Å²) in [6.07, 6.45) is 9.07. The highest BCUT2D eigenvalue weighted by Crippen LogP contribution is 2.25. The van der Waals surface area contributed by atoms with Gasteiger partial charge in [0.05, 0.1) is 11.5 Å². The SMILES string of the molecule is CC1CC=CCC1COC(=O)/C=C/c1cccc([N+](=O)[O-])c1. The summed E-state index contributed by atoms with van der Waals surface area (Å²) in [5, 5.41) is 10.7. The minimum absolute atomic E-state index is 0.00154. The summed E-state index contributed by atoms with van der Waals surface area (Å²) in [4.78, 5) is 21.9. The van der Waals surface area contributed by atoms with Gasteiger partial charge >= 0.3 is 5.97 Å². The first-order valence-electron chi connectivity index (χ1n) is 7.30. The molecule has 0 saturated carbocycles. The second kappa shape index (κ2) is 7.54. The van der Waals surface area contributed by atoms with Crippen molar-refractivity contribution in [3.63, 3.8) is 0 Å². The van der Waals surface area contributed by atoms with Crippen LogP contribution < -0.4 is 0 Å². The summed E-state index contributed by atoms with van der Waals surface area (Å²) >= 11 is 0. The van der Waals surface area contributed by atoms with E-state index in [1.54, 1.807) is 12.1 Å². The molecule has 116 valence electrons. The van der Waals surface area contributed by atoms with Crippen LogP contribution in [-0.2, 0) is 9.53 Å². The van der Waals surface area contributed by atoms with Gasteiger partial charge in [0.1, 0.15) is 0 Å². The number of nitro groups is 1. The Bertz CT molecular complexity index is 606. The second-order valence-electron chi connectivity index (χ2n) is 5.50. The number of nitrogens with zero attached hydrogens (tertiary/aromatic N) is 1. The molecule has 0 aromatic heterocycles. The standard InChI is InChI=1S/C17H19NO4/c1-13-5-2-3-7-15(13)12-22-17(19)10-9-14-6-4-8-16(11-14)18(20)21/h2-4,6,8-11,13,15H,5,7,12H2,1H3/b10-9+. The number of carbonyl (C=O) groups excluding carboxylic acids is 1. The molecular formula is C17H19NO4. The smallest absolute Gasteiger partial charge is 0.330 e. The van der Waals surface area contributed by atoms with Gasteiger partial charge < -0.3 is 4.74 Å². The van der Waals surface area contributed by atoms with Gasteiger partial charge in [0.25, 0.3) is 5.69 Å². The molecule has 0 aliphatic heterocycles. The number of carbonyl (C=O) groups is 1. The van der Waals surface area contributed by atoms with Crippen molar-refractivity contribution in [1.82, 2.24) is 0 Å². The summed E-state index contributed by atoms with van der Waals surface area (Å²) < 4.78 is 5.26. The molecule has 2 unspecified atom stereocenters. The molecule has 1 aromatic carbocycles. The van der Waals surface area contributed by atoms with E-state index in [2.05, 4.69) is 19.1 Å². The highest BCUT2D eigenvalue weighted by atomic mass is 16.6. The molecule has 1 aromatic rings. The van der Waals surface area contributed by atoms with Gasteiger partial charge in [-0.2, -0.15) is 0 Å². The third-order valence-electron chi connectivity index (χ3n) is 3.85. The molecule has 0 radical (unpaired) electrons. The highest BCUT2D eigenvalue weighted by molar-refractivity contribution is 5.87. The van der Waals surface area contributed by atoms with Crippen molar-refractivity contribution in [3.8, 4) is 0 Å². The highest BCUT2D eigenvalue weighted by Gasteiger charge is 2.19. The van der Waals surface area contributed by atoms with Crippen LogP contribution >= 0.6 is 0 Å². The fourth-order valence-corrected chi connectivity index (χ4v) is 2.38. The van der Waals surface area contributed by atoms with Crippen molar-refractivity contribution in [2.45, 2.75) is 19.8 Å². The van der Waals surface area contributed by atoms with Crippen molar-refractivity contribution < 1.29 is 14.5 Å². The topological polar surface area (TPSA) is 69.4 Å². The maximum Gasteiger partial charge on any atom is 0.330 e. The zero-order valence-electron chi connectivity index (χ0n) is 12.5. The summed E-state index contributed by atoms with van der Waals surface area (Å²) in [5.41, 5.74) is 0.596. The number of esters is 1. The molecular weight excluding hydrogens is 282 g/mol. The number of hydrogen-bond acceptors (Lipinski definition) is 4. The van der Waals surface area contributed by atoms with Crippen LogP contribution in [0, 0.1) is 22.0 Å². The lowest BCUT2D eigenvalue weighted by atomic mass is 9.85. The number of ether oxygens (including phenoxy) is 1. The number of non-ortho nitro benzene ring substituents is 1.